The molecule has 0 heterocycles. The molecule has 0 unspecified atom stereocenters. The van der Waals surface area contributed by atoms with E-state index in [1.807, 2.05) is 0 Å². The van der Waals surface area contributed by atoms with Crippen LogP contribution in [0.2, 0.25) is 0 Å². The highest BCUT2D eigenvalue weighted by molar-refractivity contribution is 4.93. The van der Waals surface area contributed by atoms with Crippen molar-refractivity contribution in [3.05, 3.63) is 0 Å². The van der Waals surface area contributed by atoms with Gasteiger partial charge in [0.2, 0.25) is 0 Å². The molecule has 3 heteroatoms. The lowest BCUT2D eigenvalue weighted by molar-refractivity contribution is -0.0919. The Hall–Kier alpha value is -0.120. The summed E-state index contributed by atoms with van der Waals surface area (Å²) in [6.45, 7) is 7.18. The number of methoxy groups -OCH3 is 1. The van der Waals surface area contributed by atoms with Crippen LogP contribution >= 0.6 is 0 Å². The SMILES string of the molecule is COCCOC1(CNC2CC2)CCC(C(C)C)CC1. The normalized spacial score (nSPS) is 31.9. The van der Waals surface area contributed by atoms with Gasteiger partial charge in [0.05, 0.1) is 18.8 Å². The minimum absolute atomic E-state index is 0.0759. The van der Waals surface area contributed by atoms with Crippen molar-refractivity contribution in [3.63, 3.8) is 0 Å². The van der Waals surface area contributed by atoms with Gasteiger partial charge in [-0.05, 0) is 50.4 Å². The Morgan fingerprint density at radius 1 is 1.11 bits per heavy atom. The zero-order valence-electron chi connectivity index (χ0n) is 12.9. The van der Waals surface area contributed by atoms with Crippen molar-refractivity contribution >= 4 is 0 Å². The van der Waals surface area contributed by atoms with E-state index in [0.29, 0.717) is 6.61 Å². The molecule has 19 heavy (non-hydrogen) atoms. The summed E-state index contributed by atoms with van der Waals surface area (Å²) in [7, 11) is 1.74. The Kier molecular flexibility index (Phi) is 5.67. The Labute approximate surface area is 118 Å². The average molecular weight is 269 g/mol. The van der Waals surface area contributed by atoms with Crippen molar-refractivity contribution in [3.8, 4) is 0 Å². The molecule has 1 N–H and O–H groups in total. The van der Waals surface area contributed by atoms with Gasteiger partial charge in [0.15, 0.2) is 0 Å². The maximum atomic E-state index is 6.23. The Bertz CT molecular complexity index is 255. The van der Waals surface area contributed by atoms with Crippen molar-refractivity contribution in [1.29, 1.82) is 0 Å². The van der Waals surface area contributed by atoms with Crippen molar-refractivity contribution in [2.45, 2.75) is 64.0 Å². The summed E-state index contributed by atoms with van der Waals surface area (Å²) in [5, 5.41) is 3.67. The fourth-order valence-corrected chi connectivity index (χ4v) is 3.16. The predicted molar refractivity (Wildman–Crippen MR) is 78.4 cm³/mol. The standard InChI is InChI=1S/C16H31NO2/c1-13(2)14-6-8-16(9-7-14,19-11-10-18-3)12-17-15-4-5-15/h13-15,17H,4-12H2,1-3H3. The molecule has 0 aromatic heterocycles. The number of hydrogen-bond acceptors (Lipinski definition) is 3. The summed E-state index contributed by atoms with van der Waals surface area (Å²) in [5.74, 6) is 1.70. The van der Waals surface area contributed by atoms with Gasteiger partial charge in [-0.3, -0.25) is 0 Å². The molecule has 0 bridgehead atoms. The molecular weight excluding hydrogens is 238 g/mol. The first kappa shape index (κ1) is 15.3. The molecular formula is C16H31NO2. The number of hydrogen-bond donors (Lipinski definition) is 1. The average Bonchev–Trinajstić information content (AvgIpc) is 3.21. The molecule has 0 saturated heterocycles. The summed E-state index contributed by atoms with van der Waals surface area (Å²) in [6, 6.07) is 0.769. The highest BCUT2D eigenvalue weighted by Crippen LogP contribution is 2.38. The van der Waals surface area contributed by atoms with Gasteiger partial charge in [0, 0.05) is 19.7 Å². The van der Waals surface area contributed by atoms with Gasteiger partial charge < -0.3 is 14.8 Å². The van der Waals surface area contributed by atoms with Crippen LogP contribution in [0.1, 0.15) is 52.4 Å². The van der Waals surface area contributed by atoms with Gasteiger partial charge in [-0.15, -0.1) is 0 Å². The van der Waals surface area contributed by atoms with Gasteiger partial charge in [-0.1, -0.05) is 13.8 Å². The molecule has 112 valence electrons. The Balaban J connectivity index is 1.82. The van der Waals surface area contributed by atoms with Crippen LogP contribution in [0.25, 0.3) is 0 Å². The van der Waals surface area contributed by atoms with E-state index in [2.05, 4.69) is 19.2 Å². The molecule has 2 aliphatic rings. The van der Waals surface area contributed by atoms with E-state index in [-0.39, 0.29) is 5.60 Å². The van der Waals surface area contributed by atoms with E-state index < -0.39 is 0 Å². The topological polar surface area (TPSA) is 30.5 Å². The number of ether oxygens (including phenoxy) is 2. The molecule has 2 rings (SSSR count). The molecule has 2 fully saturated rings. The van der Waals surface area contributed by atoms with Crippen LogP contribution in [0, 0.1) is 11.8 Å². The molecule has 0 aliphatic heterocycles. The maximum absolute atomic E-state index is 6.23. The van der Waals surface area contributed by atoms with Crippen molar-refractivity contribution in [2.24, 2.45) is 11.8 Å². The van der Waals surface area contributed by atoms with E-state index in [9.17, 15) is 0 Å². The van der Waals surface area contributed by atoms with Crippen LogP contribution < -0.4 is 5.32 Å². The van der Waals surface area contributed by atoms with E-state index in [4.69, 9.17) is 9.47 Å². The first-order valence-electron chi connectivity index (χ1n) is 8.01. The fraction of sp³-hybridized carbons (Fsp3) is 1.00. The predicted octanol–water partition coefficient (Wildman–Crippen LogP) is 2.99. The van der Waals surface area contributed by atoms with E-state index in [1.165, 1.54) is 38.5 Å². The van der Waals surface area contributed by atoms with Crippen molar-refractivity contribution in [1.82, 2.24) is 5.32 Å². The van der Waals surface area contributed by atoms with Gasteiger partial charge in [0.1, 0.15) is 0 Å². The molecule has 0 aromatic carbocycles. The third kappa shape index (κ3) is 4.73. The highest BCUT2D eigenvalue weighted by Gasteiger charge is 2.38. The fourth-order valence-electron chi connectivity index (χ4n) is 3.16. The van der Waals surface area contributed by atoms with Crippen LogP contribution in [0.15, 0.2) is 0 Å². The molecule has 0 radical (unpaired) electrons. The Morgan fingerprint density at radius 3 is 2.32 bits per heavy atom. The summed E-state index contributed by atoms with van der Waals surface area (Å²) in [5.41, 5.74) is 0.0759. The van der Waals surface area contributed by atoms with Crippen LogP contribution in [0.4, 0.5) is 0 Å². The number of rotatable bonds is 8. The second kappa shape index (κ2) is 7.05. The third-order valence-corrected chi connectivity index (χ3v) is 4.87. The quantitative estimate of drug-likeness (QED) is 0.687. The summed E-state index contributed by atoms with van der Waals surface area (Å²) >= 11 is 0. The second-order valence-electron chi connectivity index (χ2n) is 6.76. The van der Waals surface area contributed by atoms with Gasteiger partial charge in [0.25, 0.3) is 0 Å². The van der Waals surface area contributed by atoms with Crippen molar-refractivity contribution < 1.29 is 9.47 Å². The minimum atomic E-state index is 0.0759. The molecule has 2 aliphatic carbocycles. The van der Waals surface area contributed by atoms with Crippen molar-refractivity contribution in [2.75, 3.05) is 26.9 Å². The van der Waals surface area contributed by atoms with Crippen LogP contribution in [0.5, 0.6) is 0 Å². The first-order chi connectivity index (χ1) is 9.15. The molecule has 2 saturated carbocycles. The highest BCUT2D eigenvalue weighted by atomic mass is 16.5. The summed E-state index contributed by atoms with van der Waals surface area (Å²) < 4.78 is 11.4. The van der Waals surface area contributed by atoms with Gasteiger partial charge >= 0.3 is 0 Å². The maximum Gasteiger partial charge on any atom is 0.0807 e. The lowest BCUT2D eigenvalue weighted by atomic mass is 9.74. The van der Waals surface area contributed by atoms with Gasteiger partial charge in [-0.2, -0.15) is 0 Å². The zero-order chi connectivity index (χ0) is 13.7. The molecule has 0 spiro atoms. The van der Waals surface area contributed by atoms with Crippen LogP contribution in [-0.2, 0) is 9.47 Å². The van der Waals surface area contributed by atoms with E-state index >= 15 is 0 Å². The zero-order valence-corrected chi connectivity index (χ0v) is 12.9. The third-order valence-electron chi connectivity index (χ3n) is 4.87. The molecule has 3 nitrogen and oxygen atoms in total. The Morgan fingerprint density at radius 2 is 1.79 bits per heavy atom. The van der Waals surface area contributed by atoms with E-state index in [0.717, 1.165) is 31.0 Å². The van der Waals surface area contributed by atoms with Crippen LogP contribution in [0.3, 0.4) is 0 Å². The summed E-state index contributed by atoms with van der Waals surface area (Å²) in [4.78, 5) is 0. The number of nitrogens with one attached hydrogen (secondary N) is 1. The first-order valence-corrected chi connectivity index (χ1v) is 8.01. The largest absolute Gasteiger partial charge is 0.382 e. The second-order valence-corrected chi connectivity index (χ2v) is 6.76. The lowest BCUT2D eigenvalue weighted by Crippen LogP contribution is -2.47. The van der Waals surface area contributed by atoms with Gasteiger partial charge in [-0.25, -0.2) is 0 Å². The molecule has 0 aromatic rings. The van der Waals surface area contributed by atoms with Crippen LogP contribution in [-0.4, -0.2) is 38.5 Å². The summed E-state index contributed by atoms with van der Waals surface area (Å²) in [6.07, 6.45) is 7.75. The molecule has 0 amide bonds. The minimum Gasteiger partial charge on any atom is -0.382 e. The smallest absolute Gasteiger partial charge is 0.0807 e. The monoisotopic (exact) mass is 269 g/mol. The van der Waals surface area contributed by atoms with E-state index in [1.54, 1.807) is 7.11 Å². The molecule has 0 atom stereocenters. The lowest BCUT2D eigenvalue weighted by Gasteiger charge is -2.41.